The van der Waals surface area contributed by atoms with Gasteiger partial charge >= 0.3 is 0 Å². The maximum atomic E-state index is 13.7. The molecule has 0 saturated carbocycles. The maximum Gasteiger partial charge on any atom is 0.131 e. The van der Waals surface area contributed by atoms with E-state index in [2.05, 4.69) is 6.07 Å². The summed E-state index contributed by atoms with van der Waals surface area (Å²) in [5.41, 5.74) is 2.63. The molecule has 0 amide bonds. The van der Waals surface area contributed by atoms with Crippen LogP contribution in [0.25, 0.3) is 11.1 Å². The molecule has 0 atom stereocenters. The van der Waals surface area contributed by atoms with Crippen LogP contribution in [-0.4, -0.2) is 0 Å². The SMILES string of the molecule is Cc1cc(C#N)ccc1-c1cc(Cl)ccc1F. The highest BCUT2D eigenvalue weighted by molar-refractivity contribution is 6.30. The van der Waals surface area contributed by atoms with E-state index in [1.807, 2.05) is 6.92 Å². The van der Waals surface area contributed by atoms with Gasteiger partial charge in [-0.2, -0.15) is 5.26 Å². The molecule has 17 heavy (non-hydrogen) atoms. The van der Waals surface area contributed by atoms with Crippen molar-refractivity contribution in [1.82, 2.24) is 0 Å². The summed E-state index contributed by atoms with van der Waals surface area (Å²) < 4.78 is 13.7. The van der Waals surface area contributed by atoms with Gasteiger partial charge in [0, 0.05) is 10.6 Å². The van der Waals surface area contributed by atoms with Crippen LogP contribution in [0.3, 0.4) is 0 Å². The molecule has 0 spiro atoms. The number of benzene rings is 2. The largest absolute Gasteiger partial charge is 0.206 e. The number of aryl methyl sites for hydroxylation is 1. The molecule has 84 valence electrons. The molecule has 0 N–H and O–H groups in total. The molecule has 0 bridgehead atoms. The van der Waals surface area contributed by atoms with Gasteiger partial charge < -0.3 is 0 Å². The molecule has 2 aromatic rings. The monoisotopic (exact) mass is 245 g/mol. The number of hydrogen-bond acceptors (Lipinski definition) is 1. The second kappa shape index (κ2) is 4.57. The summed E-state index contributed by atoms with van der Waals surface area (Å²) in [4.78, 5) is 0. The molecule has 0 radical (unpaired) electrons. The summed E-state index contributed by atoms with van der Waals surface area (Å²) >= 11 is 5.86. The molecule has 0 aliphatic heterocycles. The third-order valence-electron chi connectivity index (χ3n) is 2.57. The zero-order chi connectivity index (χ0) is 12.4. The minimum atomic E-state index is -0.317. The minimum Gasteiger partial charge on any atom is -0.206 e. The number of hydrogen-bond donors (Lipinski definition) is 0. The Bertz CT molecular complexity index is 614. The highest BCUT2D eigenvalue weighted by atomic mass is 35.5. The fourth-order valence-corrected chi connectivity index (χ4v) is 1.91. The first-order chi connectivity index (χ1) is 8.11. The summed E-state index contributed by atoms with van der Waals surface area (Å²) in [7, 11) is 0. The van der Waals surface area contributed by atoms with Gasteiger partial charge in [-0.15, -0.1) is 0 Å². The lowest BCUT2D eigenvalue weighted by atomic mass is 9.98. The molecule has 2 aromatic carbocycles. The van der Waals surface area contributed by atoms with Gasteiger partial charge in [-0.1, -0.05) is 17.7 Å². The van der Waals surface area contributed by atoms with Crippen LogP contribution in [-0.2, 0) is 0 Å². The summed E-state index contributed by atoms with van der Waals surface area (Å²) in [6.45, 7) is 1.84. The molecule has 2 rings (SSSR count). The number of halogens is 2. The Hall–Kier alpha value is -1.85. The predicted octanol–water partition coefficient (Wildman–Crippen LogP) is 4.33. The van der Waals surface area contributed by atoms with E-state index in [1.54, 1.807) is 24.3 Å². The lowest BCUT2D eigenvalue weighted by Crippen LogP contribution is -1.89. The second-order valence-corrected chi connectivity index (χ2v) is 4.20. The molecular formula is C14H9ClFN. The number of rotatable bonds is 1. The third kappa shape index (κ3) is 2.30. The molecule has 3 heteroatoms. The Labute approximate surface area is 104 Å². The van der Waals surface area contributed by atoms with E-state index in [0.29, 0.717) is 16.1 Å². The van der Waals surface area contributed by atoms with Crippen LogP contribution >= 0.6 is 11.6 Å². The average molecular weight is 246 g/mol. The van der Waals surface area contributed by atoms with Crippen LogP contribution in [0.5, 0.6) is 0 Å². The van der Waals surface area contributed by atoms with Gasteiger partial charge in [-0.05, 0) is 48.4 Å². The molecule has 0 aliphatic carbocycles. The smallest absolute Gasteiger partial charge is 0.131 e. The Morgan fingerprint density at radius 1 is 1.12 bits per heavy atom. The Morgan fingerprint density at radius 3 is 2.53 bits per heavy atom. The molecule has 0 aliphatic rings. The van der Waals surface area contributed by atoms with Gasteiger partial charge in [-0.3, -0.25) is 0 Å². The van der Waals surface area contributed by atoms with Crippen molar-refractivity contribution in [1.29, 1.82) is 5.26 Å². The lowest BCUT2D eigenvalue weighted by Gasteiger charge is -2.08. The van der Waals surface area contributed by atoms with Crippen molar-refractivity contribution in [2.75, 3.05) is 0 Å². The molecule has 0 saturated heterocycles. The molecular weight excluding hydrogens is 237 g/mol. The quantitative estimate of drug-likeness (QED) is 0.734. The van der Waals surface area contributed by atoms with E-state index in [9.17, 15) is 4.39 Å². The van der Waals surface area contributed by atoms with E-state index in [4.69, 9.17) is 16.9 Å². The molecule has 0 fully saturated rings. The average Bonchev–Trinajstić information content (AvgIpc) is 2.32. The molecule has 0 unspecified atom stereocenters. The van der Waals surface area contributed by atoms with E-state index in [1.165, 1.54) is 12.1 Å². The number of nitrogens with zero attached hydrogens (tertiary/aromatic N) is 1. The fraction of sp³-hybridized carbons (Fsp3) is 0.0714. The Morgan fingerprint density at radius 2 is 1.88 bits per heavy atom. The maximum absolute atomic E-state index is 13.7. The van der Waals surface area contributed by atoms with E-state index in [-0.39, 0.29) is 5.82 Å². The number of nitriles is 1. The van der Waals surface area contributed by atoms with Crippen LogP contribution in [0.4, 0.5) is 4.39 Å². The van der Waals surface area contributed by atoms with Crippen molar-refractivity contribution < 1.29 is 4.39 Å². The van der Waals surface area contributed by atoms with E-state index < -0.39 is 0 Å². The van der Waals surface area contributed by atoms with Crippen LogP contribution in [0.2, 0.25) is 5.02 Å². The van der Waals surface area contributed by atoms with E-state index >= 15 is 0 Å². The first kappa shape index (κ1) is 11.6. The van der Waals surface area contributed by atoms with E-state index in [0.717, 1.165) is 11.1 Å². The summed E-state index contributed by atoms with van der Waals surface area (Å²) in [6.07, 6.45) is 0. The normalized spacial score (nSPS) is 10.0. The van der Waals surface area contributed by atoms with Crippen molar-refractivity contribution in [3.63, 3.8) is 0 Å². The van der Waals surface area contributed by atoms with Gasteiger partial charge in [0.2, 0.25) is 0 Å². The zero-order valence-electron chi connectivity index (χ0n) is 9.17. The molecule has 0 heterocycles. The van der Waals surface area contributed by atoms with Crippen LogP contribution in [0, 0.1) is 24.1 Å². The van der Waals surface area contributed by atoms with Crippen molar-refractivity contribution in [2.24, 2.45) is 0 Å². The van der Waals surface area contributed by atoms with Crippen molar-refractivity contribution >= 4 is 11.6 Å². The Balaban J connectivity index is 2.61. The predicted molar refractivity (Wildman–Crippen MR) is 66.3 cm³/mol. The first-order valence-electron chi connectivity index (χ1n) is 5.08. The second-order valence-electron chi connectivity index (χ2n) is 3.77. The van der Waals surface area contributed by atoms with Crippen molar-refractivity contribution in [2.45, 2.75) is 6.92 Å². The minimum absolute atomic E-state index is 0.317. The topological polar surface area (TPSA) is 23.8 Å². The van der Waals surface area contributed by atoms with Crippen LogP contribution in [0.1, 0.15) is 11.1 Å². The Kier molecular flexibility index (Phi) is 3.12. The molecule has 0 aromatic heterocycles. The standard InChI is InChI=1S/C14H9ClFN/c1-9-6-10(8-17)2-4-12(9)13-7-11(15)3-5-14(13)16/h2-7H,1H3. The van der Waals surface area contributed by atoms with Gasteiger partial charge in [-0.25, -0.2) is 4.39 Å². The zero-order valence-corrected chi connectivity index (χ0v) is 9.92. The summed E-state index contributed by atoms with van der Waals surface area (Å²) in [6, 6.07) is 11.6. The van der Waals surface area contributed by atoms with Gasteiger partial charge in [0.25, 0.3) is 0 Å². The van der Waals surface area contributed by atoms with Crippen LogP contribution in [0.15, 0.2) is 36.4 Å². The highest BCUT2D eigenvalue weighted by Crippen LogP contribution is 2.29. The fourth-order valence-electron chi connectivity index (χ4n) is 1.74. The van der Waals surface area contributed by atoms with Gasteiger partial charge in [0.1, 0.15) is 5.82 Å². The molecule has 1 nitrogen and oxygen atoms in total. The highest BCUT2D eigenvalue weighted by Gasteiger charge is 2.08. The van der Waals surface area contributed by atoms with Crippen LogP contribution < -0.4 is 0 Å². The summed E-state index contributed by atoms with van der Waals surface area (Å²) in [5, 5.41) is 9.27. The first-order valence-corrected chi connectivity index (χ1v) is 5.46. The van der Waals surface area contributed by atoms with Gasteiger partial charge in [0.05, 0.1) is 11.6 Å². The van der Waals surface area contributed by atoms with Crippen molar-refractivity contribution in [3.8, 4) is 17.2 Å². The lowest BCUT2D eigenvalue weighted by molar-refractivity contribution is 0.631. The van der Waals surface area contributed by atoms with Crippen molar-refractivity contribution in [3.05, 3.63) is 58.4 Å². The summed E-state index contributed by atoms with van der Waals surface area (Å²) in [5.74, 6) is -0.317. The third-order valence-corrected chi connectivity index (χ3v) is 2.81. The van der Waals surface area contributed by atoms with Gasteiger partial charge in [0.15, 0.2) is 0 Å².